The van der Waals surface area contributed by atoms with Crippen molar-refractivity contribution in [3.63, 3.8) is 0 Å². The molecule has 0 spiro atoms. The Morgan fingerprint density at radius 1 is 0.864 bits per heavy atom. The van der Waals surface area contributed by atoms with E-state index in [2.05, 4.69) is 79.1 Å². The molecule has 0 saturated heterocycles. The first-order valence-corrected chi connectivity index (χ1v) is 8.30. The Morgan fingerprint density at radius 3 is 2.32 bits per heavy atom. The molecular formula is C21H24N+. The quantitative estimate of drug-likeness (QED) is 0.600. The topological polar surface area (TPSA) is 3.88 Å². The maximum Gasteiger partial charge on any atom is 0.212 e. The molecule has 0 saturated carbocycles. The number of fused-ring (bicyclic) bond motifs is 1. The van der Waals surface area contributed by atoms with Crippen molar-refractivity contribution in [3.05, 3.63) is 77.5 Å². The molecule has 3 rings (SSSR count). The van der Waals surface area contributed by atoms with Crippen LogP contribution in [0.5, 0.6) is 0 Å². The summed E-state index contributed by atoms with van der Waals surface area (Å²) in [5.41, 5.74) is 5.68. The molecule has 0 radical (unpaired) electrons. The number of aryl methyl sites for hydroxylation is 1. The van der Waals surface area contributed by atoms with E-state index in [-0.39, 0.29) is 0 Å². The summed E-state index contributed by atoms with van der Waals surface area (Å²) in [6.07, 6.45) is 3.41. The second-order valence-corrected chi connectivity index (χ2v) is 5.85. The van der Waals surface area contributed by atoms with Crippen molar-refractivity contribution in [2.45, 2.75) is 39.7 Å². The van der Waals surface area contributed by atoms with E-state index in [1.54, 1.807) is 0 Å². The third-order valence-corrected chi connectivity index (χ3v) is 4.30. The van der Waals surface area contributed by atoms with Crippen LogP contribution in [0.2, 0.25) is 0 Å². The fraction of sp³-hybridized carbons (Fsp3) is 0.286. The summed E-state index contributed by atoms with van der Waals surface area (Å²) in [4.78, 5) is 0. The average molecular weight is 290 g/mol. The summed E-state index contributed by atoms with van der Waals surface area (Å²) in [6, 6.07) is 21.9. The van der Waals surface area contributed by atoms with E-state index in [0.717, 1.165) is 19.4 Å². The summed E-state index contributed by atoms with van der Waals surface area (Å²) in [7, 11) is 0. The highest BCUT2D eigenvalue weighted by atomic mass is 15.0. The zero-order chi connectivity index (χ0) is 15.4. The second kappa shape index (κ2) is 6.74. The SMILES string of the molecule is CCCc1c(CC)cc2ccccc2[n+]1Cc1ccccc1. The Bertz CT molecular complexity index is 759. The van der Waals surface area contributed by atoms with Crippen molar-refractivity contribution in [1.29, 1.82) is 0 Å². The van der Waals surface area contributed by atoms with Gasteiger partial charge in [0.05, 0.1) is 0 Å². The van der Waals surface area contributed by atoms with Crippen molar-refractivity contribution in [2.24, 2.45) is 0 Å². The molecule has 0 N–H and O–H groups in total. The number of rotatable bonds is 5. The first kappa shape index (κ1) is 14.8. The van der Waals surface area contributed by atoms with Gasteiger partial charge in [-0.2, -0.15) is 4.57 Å². The maximum atomic E-state index is 2.52. The molecule has 0 fully saturated rings. The molecule has 0 bridgehead atoms. The predicted molar refractivity (Wildman–Crippen MR) is 93.1 cm³/mol. The molecular weight excluding hydrogens is 266 g/mol. The Kier molecular flexibility index (Phi) is 4.53. The molecule has 0 aliphatic carbocycles. The molecule has 0 amide bonds. The van der Waals surface area contributed by atoms with E-state index in [1.807, 2.05) is 0 Å². The molecule has 0 unspecified atom stereocenters. The first-order valence-electron chi connectivity index (χ1n) is 8.30. The second-order valence-electron chi connectivity index (χ2n) is 5.85. The minimum atomic E-state index is 0.949. The monoisotopic (exact) mass is 290 g/mol. The summed E-state index contributed by atoms with van der Waals surface area (Å²) in [6.45, 7) is 5.47. The zero-order valence-corrected chi connectivity index (χ0v) is 13.5. The van der Waals surface area contributed by atoms with Gasteiger partial charge in [0.25, 0.3) is 0 Å². The number of pyridine rings is 1. The van der Waals surface area contributed by atoms with Gasteiger partial charge in [-0.1, -0.05) is 56.3 Å². The van der Waals surface area contributed by atoms with Gasteiger partial charge in [0.15, 0.2) is 12.2 Å². The van der Waals surface area contributed by atoms with Crippen LogP contribution < -0.4 is 4.57 Å². The van der Waals surface area contributed by atoms with Crippen LogP contribution in [-0.2, 0) is 19.4 Å². The van der Waals surface area contributed by atoms with E-state index in [9.17, 15) is 0 Å². The highest BCUT2D eigenvalue weighted by Gasteiger charge is 2.19. The molecule has 1 heterocycles. The van der Waals surface area contributed by atoms with Crippen LogP contribution >= 0.6 is 0 Å². The molecule has 3 aromatic rings. The minimum absolute atomic E-state index is 0.949. The lowest BCUT2D eigenvalue weighted by Crippen LogP contribution is -2.41. The van der Waals surface area contributed by atoms with Gasteiger partial charge in [-0.25, -0.2) is 0 Å². The summed E-state index contributed by atoms with van der Waals surface area (Å²) in [5.74, 6) is 0. The Hall–Kier alpha value is -2.15. The summed E-state index contributed by atoms with van der Waals surface area (Å²) < 4.78 is 2.52. The zero-order valence-electron chi connectivity index (χ0n) is 13.5. The molecule has 1 nitrogen and oxygen atoms in total. The van der Waals surface area contributed by atoms with E-state index >= 15 is 0 Å². The van der Waals surface area contributed by atoms with Crippen LogP contribution in [0.15, 0.2) is 60.7 Å². The third-order valence-electron chi connectivity index (χ3n) is 4.30. The molecule has 0 aliphatic rings. The number of nitrogens with zero attached hydrogens (tertiary/aromatic N) is 1. The summed E-state index contributed by atoms with van der Waals surface area (Å²) in [5, 5.41) is 1.34. The predicted octanol–water partition coefficient (Wildman–Crippen LogP) is 4.69. The van der Waals surface area contributed by atoms with Crippen LogP contribution in [0.4, 0.5) is 0 Å². The lowest BCUT2D eigenvalue weighted by molar-refractivity contribution is -0.670. The molecule has 112 valence electrons. The van der Waals surface area contributed by atoms with Gasteiger partial charge in [0.2, 0.25) is 5.52 Å². The van der Waals surface area contributed by atoms with Crippen molar-refractivity contribution in [1.82, 2.24) is 0 Å². The smallest absolute Gasteiger partial charge is 0.191 e. The van der Waals surface area contributed by atoms with Crippen LogP contribution in [0.1, 0.15) is 37.1 Å². The maximum absolute atomic E-state index is 2.52. The Morgan fingerprint density at radius 2 is 1.59 bits per heavy atom. The Labute approximate surface area is 133 Å². The number of hydrogen-bond acceptors (Lipinski definition) is 0. The van der Waals surface area contributed by atoms with E-state index in [0.29, 0.717) is 0 Å². The highest BCUT2D eigenvalue weighted by Crippen LogP contribution is 2.18. The van der Waals surface area contributed by atoms with Crippen LogP contribution in [0.3, 0.4) is 0 Å². The van der Waals surface area contributed by atoms with Crippen LogP contribution in [0.25, 0.3) is 10.9 Å². The number of para-hydroxylation sites is 1. The van der Waals surface area contributed by atoms with E-state index in [4.69, 9.17) is 0 Å². The Balaban J connectivity index is 2.21. The average Bonchev–Trinajstić information content (AvgIpc) is 2.57. The normalized spacial score (nSPS) is 11.0. The van der Waals surface area contributed by atoms with Gasteiger partial charge in [-0.05, 0) is 25.0 Å². The van der Waals surface area contributed by atoms with Crippen molar-refractivity contribution < 1.29 is 4.57 Å². The number of benzene rings is 2. The first-order chi connectivity index (χ1) is 10.8. The fourth-order valence-corrected chi connectivity index (χ4v) is 3.23. The van der Waals surface area contributed by atoms with Gasteiger partial charge in [-0.15, -0.1) is 0 Å². The molecule has 22 heavy (non-hydrogen) atoms. The standard InChI is InChI=1S/C21H24N/c1-3-10-20-18(4-2)15-19-13-8-9-14-21(19)22(20)16-17-11-6-5-7-12-17/h5-9,11-15H,3-4,10,16H2,1-2H3/q+1. The van der Waals surface area contributed by atoms with Crippen molar-refractivity contribution >= 4 is 10.9 Å². The van der Waals surface area contributed by atoms with E-state index < -0.39 is 0 Å². The van der Waals surface area contributed by atoms with Crippen LogP contribution in [-0.4, -0.2) is 0 Å². The fourth-order valence-electron chi connectivity index (χ4n) is 3.23. The molecule has 2 aromatic carbocycles. The van der Waals surface area contributed by atoms with Gasteiger partial charge in [0.1, 0.15) is 0 Å². The lowest BCUT2D eigenvalue weighted by atomic mass is 10.0. The van der Waals surface area contributed by atoms with Gasteiger partial charge < -0.3 is 0 Å². The van der Waals surface area contributed by atoms with E-state index in [1.165, 1.54) is 34.1 Å². The van der Waals surface area contributed by atoms with Crippen molar-refractivity contribution in [2.75, 3.05) is 0 Å². The molecule has 0 atom stereocenters. The lowest BCUT2D eigenvalue weighted by Gasteiger charge is -2.11. The molecule has 1 aromatic heterocycles. The number of aromatic nitrogens is 1. The van der Waals surface area contributed by atoms with Crippen LogP contribution in [0, 0.1) is 0 Å². The van der Waals surface area contributed by atoms with Gasteiger partial charge in [-0.3, -0.25) is 0 Å². The molecule has 0 aliphatic heterocycles. The largest absolute Gasteiger partial charge is 0.212 e. The molecule has 1 heteroatoms. The van der Waals surface area contributed by atoms with Crippen molar-refractivity contribution in [3.8, 4) is 0 Å². The summed E-state index contributed by atoms with van der Waals surface area (Å²) >= 11 is 0. The third kappa shape index (κ3) is 2.89. The highest BCUT2D eigenvalue weighted by molar-refractivity contribution is 5.76. The van der Waals surface area contributed by atoms with Gasteiger partial charge in [0, 0.05) is 29.0 Å². The van der Waals surface area contributed by atoms with Gasteiger partial charge >= 0.3 is 0 Å². The number of hydrogen-bond donors (Lipinski definition) is 0. The minimum Gasteiger partial charge on any atom is -0.191 e.